The molecule has 1 N–H and O–H groups in total. The highest BCUT2D eigenvalue weighted by Gasteiger charge is 2.27. The molecule has 8 heteroatoms. The van der Waals surface area contributed by atoms with Gasteiger partial charge < -0.3 is 9.30 Å². The van der Waals surface area contributed by atoms with Gasteiger partial charge in [0.2, 0.25) is 0 Å². The summed E-state index contributed by atoms with van der Waals surface area (Å²) in [5.41, 5.74) is 2.85. The van der Waals surface area contributed by atoms with Crippen molar-refractivity contribution in [3.8, 4) is 16.9 Å². The largest absolute Gasteiger partial charge is 0.493 e. The van der Waals surface area contributed by atoms with Gasteiger partial charge in [-0.05, 0) is 42.7 Å². The maximum absolute atomic E-state index is 12.7. The van der Waals surface area contributed by atoms with Gasteiger partial charge in [-0.1, -0.05) is 25.1 Å². The second-order valence-corrected chi connectivity index (χ2v) is 10.7. The lowest BCUT2D eigenvalue weighted by molar-refractivity contribution is 0.301. The summed E-state index contributed by atoms with van der Waals surface area (Å²) >= 11 is 0. The van der Waals surface area contributed by atoms with Crippen LogP contribution in [0.4, 0.5) is 0 Å². The average molecular weight is 452 g/mol. The Bertz CT molecular complexity index is 1530. The van der Waals surface area contributed by atoms with Gasteiger partial charge in [-0.25, -0.2) is 8.42 Å². The minimum atomic E-state index is -3.50. The number of sulfone groups is 1. The number of nitrogens with one attached hydrogen (secondary N) is 1. The van der Waals surface area contributed by atoms with E-state index in [9.17, 15) is 13.2 Å². The van der Waals surface area contributed by atoms with Gasteiger partial charge in [-0.3, -0.25) is 9.89 Å². The summed E-state index contributed by atoms with van der Waals surface area (Å²) in [5.74, 6) is 1.17. The van der Waals surface area contributed by atoms with E-state index in [2.05, 4.69) is 10.2 Å². The lowest BCUT2D eigenvalue weighted by Crippen LogP contribution is -2.16. The number of fused-ring (bicyclic) bond motifs is 2. The fourth-order valence-corrected chi connectivity index (χ4v) is 5.28. The van der Waals surface area contributed by atoms with Crippen molar-refractivity contribution >= 4 is 31.5 Å². The van der Waals surface area contributed by atoms with Crippen molar-refractivity contribution in [1.29, 1.82) is 0 Å². The molecule has 0 spiro atoms. The zero-order valence-corrected chi connectivity index (χ0v) is 19.1. The maximum Gasteiger partial charge on any atom is 0.258 e. The van der Waals surface area contributed by atoms with Crippen LogP contribution in [-0.2, 0) is 16.9 Å². The van der Waals surface area contributed by atoms with Gasteiger partial charge >= 0.3 is 0 Å². The molecule has 1 aliphatic carbocycles. The van der Waals surface area contributed by atoms with Crippen molar-refractivity contribution < 1.29 is 13.2 Å². The molecule has 166 valence electrons. The molecular formula is C24H25N3O4S. The van der Waals surface area contributed by atoms with E-state index < -0.39 is 9.84 Å². The first-order chi connectivity index (χ1) is 15.3. The van der Waals surface area contributed by atoms with Gasteiger partial charge in [-0.15, -0.1) is 0 Å². The molecule has 0 aliphatic heterocycles. The van der Waals surface area contributed by atoms with E-state index in [0.717, 1.165) is 34.9 Å². The minimum Gasteiger partial charge on any atom is -0.493 e. The monoisotopic (exact) mass is 451 g/mol. The zero-order valence-electron chi connectivity index (χ0n) is 18.3. The molecule has 0 saturated heterocycles. The molecule has 1 aliphatic rings. The summed E-state index contributed by atoms with van der Waals surface area (Å²) in [6.45, 7) is 4.11. The van der Waals surface area contributed by atoms with E-state index in [4.69, 9.17) is 4.74 Å². The SMILES string of the molecule is CCS(=O)(=O)c1[nH]nc2cc(OCC3CC3)c(-c3cn(C)c(=O)c4ccccc34)c(C)c12. The first kappa shape index (κ1) is 20.8. The van der Waals surface area contributed by atoms with E-state index in [1.54, 1.807) is 24.7 Å². The first-order valence-corrected chi connectivity index (χ1v) is 12.4. The Balaban J connectivity index is 1.87. The van der Waals surface area contributed by atoms with Crippen molar-refractivity contribution in [2.75, 3.05) is 12.4 Å². The molecule has 0 bridgehead atoms. The quantitative estimate of drug-likeness (QED) is 0.479. The fraction of sp³-hybridized carbons (Fsp3) is 0.333. The summed E-state index contributed by atoms with van der Waals surface area (Å²) in [5, 5.41) is 9.12. The van der Waals surface area contributed by atoms with Crippen molar-refractivity contribution in [3.05, 3.63) is 52.4 Å². The molecule has 1 saturated carbocycles. The van der Waals surface area contributed by atoms with E-state index in [0.29, 0.717) is 34.6 Å². The number of pyridine rings is 1. The highest BCUT2D eigenvalue weighted by atomic mass is 32.2. The Morgan fingerprint density at radius 3 is 2.62 bits per heavy atom. The standard InChI is InChI=1S/C24H25N3O4S/c1-4-32(29,30)23-22-14(2)21(20(11-19(22)25-26-23)31-13-15-9-10-15)18-12-27(3)24(28)17-8-6-5-7-16(17)18/h5-8,11-12,15H,4,9-10,13H2,1-3H3,(H,25,26). The molecule has 2 aromatic heterocycles. The smallest absolute Gasteiger partial charge is 0.258 e. The number of hydrogen-bond donors (Lipinski definition) is 1. The molecular weight excluding hydrogens is 426 g/mol. The third kappa shape index (κ3) is 3.30. The van der Waals surface area contributed by atoms with Gasteiger partial charge in [0.25, 0.3) is 5.56 Å². The van der Waals surface area contributed by atoms with Crippen molar-refractivity contribution in [2.24, 2.45) is 13.0 Å². The van der Waals surface area contributed by atoms with Crippen molar-refractivity contribution in [1.82, 2.24) is 14.8 Å². The molecule has 0 atom stereocenters. The summed E-state index contributed by atoms with van der Waals surface area (Å²) < 4.78 is 33.3. The molecule has 32 heavy (non-hydrogen) atoms. The van der Waals surface area contributed by atoms with Crippen LogP contribution in [0, 0.1) is 12.8 Å². The zero-order chi connectivity index (χ0) is 22.6. The average Bonchev–Trinajstić information content (AvgIpc) is 3.51. The Kier molecular flexibility index (Phi) is 4.85. The molecule has 4 aromatic rings. The highest BCUT2D eigenvalue weighted by molar-refractivity contribution is 7.91. The lowest BCUT2D eigenvalue weighted by atomic mass is 9.94. The number of nitrogens with zero attached hydrogens (tertiary/aromatic N) is 2. The Labute approximate surface area is 185 Å². The number of aryl methyl sites for hydroxylation is 2. The molecule has 2 aromatic carbocycles. The molecule has 1 fully saturated rings. The fourth-order valence-electron chi connectivity index (χ4n) is 4.24. The van der Waals surface area contributed by atoms with Crippen LogP contribution < -0.4 is 10.3 Å². The summed E-state index contributed by atoms with van der Waals surface area (Å²) in [4.78, 5) is 12.7. The molecule has 2 heterocycles. The minimum absolute atomic E-state index is 0.0260. The van der Waals surface area contributed by atoms with Crippen molar-refractivity contribution in [2.45, 2.75) is 31.7 Å². The van der Waals surface area contributed by atoms with Crippen LogP contribution in [0.5, 0.6) is 5.75 Å². The van der Waals surface area contributed by atoms with Gasteiger partial charge in [0.1, 0.15) is 5.75 Å². The first-order valence-electron chi connectivity index (χ1n) is 10.8. The maximum atomic E-state index is 12.7. The number of ether oxygens (including phenoxy) is 1. The number of benzene rings is 2. The summed E-state index contributed by atoms with van der Waals surface area (Å²) in [6, 6.07) is 9.28. The van der Waals surface area contributed by atoms with Crippen LogP contribution in [0.2, 0.25) is 0 Å². The van der Waals surface area contributed by atoms with Gasteiger partial charge in [0.15, 0.2) is 14.9 Å². The second-order valence-electron chi connectivity index (χ2n) is 8.48. The number of aromatic amines is 1. The van der Waals surface area contributed by atoms with E-state index in [1.165, 1.54) is 0 Å². The van der Waals surface area contributed by atoms with E-state index in [-0.39, 0.29) is 16.3 Å². The number of aromatic nitrogens is 3. The third-order valence-corrected chi connectivity index (χ3v) is 7.93. The van der Waals surface area contributed by atoms with Gasteiger partial charge in [0, 0.05) is 41.2 Å². The molecule has 0 radical (unpaired) electrons. The second kappa shape index (κ2) is 7.48. The predicted molar refractivity (Wildman–Crippen MR) is 125 cm³/mol. The van der Waals surface area contributed by atoms with Crippen LogP contribution in [0.3, 0.4) is 0 Å². The molecule has 5 rings (SSSR count). The number of rotatable bonds is 6. The third-order valence-electron chi connectivity index (χ3n) is 6.25. The van der Waals surface area contributed by atoms with Crippen molar-refractivity contribution in [3.63, 3.8) is 0 Å². The van der Waals surface area contributed by atoms with Crippen LogP contribution in [-0.4, -0.2) is 35.5 Å². The highest BCUT2D eigenvalue weighted by Crippen LogP contribution is 2.42. The van der Waals surface area contributed by atoms with Crippen LogP contribution in [0.1, 0.15) is 25.3 Å². The summed E-state index contributed by atoms with van der Waals surface area (Å²) in [6.07, 6.45) is 4.11. The normalized spacial score (nSPS) is 14.3. The Morgan fingerprint density at radius 2 is 1.94 bits per heavy atom. The Hall–Kier alpha value is -3.13. The van der Waals surface area contributed by atoms with E-state index >= 15 is 0 Å². The van der Waals surface area contributed by atoms with Crippen LogP contribution in [0.25, 0.3) is 32.8 Å². The van der Waals surface area contributed by atoms with Crippen LogP contribution >= 0.6 is 0 Å². The lowest BCUT2D eigenvalue weighted by Gasteiger charge is -2.18. The predicted octanol–water partition coefficient (Wildman–Crippen LogP) is 3.97. The molecule has 0 amide bonds. The number of H-pyrrole nitrogens is 1. The topological polar surface area (TPSA) is 94.0 Å². The van der Waals surface area contributed by atoms with Crippen LogP contribution in [0.15, 0.2) is 46.3 Å². The molecule has 0 unspecified atom stereocenters. The van der Waals surface area contributed by atoms with E-state index in [1.807, 2.05) is 37.3 Å². The van der Waals surface area contributed by atoms with Gasteiger partial charge in [0.05, 0.1) is 17.9 Å². The molecule has 7 nitrogen and oxygen atoms in total. The van der Waals surface area contributed by atoms with Gasteiger partial charge in [-0.2, -0.15) is 5.10 Å². The Morgan fingerprint density at radius 1 is 1.22 bits per heavy atom. The summed E-state index contributed by atoms with van der Waals surface area (Å²) in [7, 11) is -1.78. The number of hydrogen-bond acceptors (Lipinski definition) is 5.